The second-order valence-corrected chi connectivity index (χ2v) is 15.4. The number of aryl methyl sites for hydroxylation is 2. The summed E-state index contributed by atoms with van der Waals surface area (Å²) in [7, 11) is 0. The molecular weight excluding hydrogens is 721 g/mol. The molecule has 284 valence electrons. The summed E-state index contributed by atoms with van der Waals surface area (Å²) in [6, 6.07) is 32.8. The van der Waals surface area contributed by atoms with Crippen LogP contribution in [0.5, 0.6) is 0 Å². The number of aliphatic carboxylic acids is 1. The Morgan fingerprint density at radius 3 is 1.52 bits per heavy atom. The third-order valence-corrected chi connectivity index (χ3v) is 11.7. The number of esters is 3. The van der Waals surface area contributed by atoms with E-state index in [-0.39, 0.29) is 32.2 Å². The fourth-order valence-corrected chi connectivity index (χ4v) is 9.15. The zero-order chi connectivity index (χ0) is 38.5. The van der Waals surface area contributed by atoms with Gasteiger partial charge in [0.05, 0.1) is 26.2 Å². The first-order valence-electron chi connectivity index (χ1n) is 18.7. The van der Waals surface area contributed by atoms with E-state index in [9.17, 15) is 19.2 Å². The molecule has 8 nitrogen and oxygen atoms in total. The van der Waals surface area contributed by atoms with Crippen molar-refractivity contribution in [2.45, 2.75) is 97.1 Å². The van der Waals surface area contributed by atoms with Crippen LogP contribution in [0.1, 0.15) is 87.0 Å². The molecular formula is C44H48O8S2. The molecule has 0 heterocycles. The highest BCUT2D eigenvalue weighted by Gasteiger charge is 2.63. The minimum Gasteiger partial charge on any atom is -0.481 e. The van der Waals surface area contributed by atoms with Gasteiger partial charge in [-0.3, -0.25) is 19.2 Å². The van der Waals surface area contributed by atoms with Crippen LogP contribution in [0, 0.1) is 5.41 Å². The van der Waals surface area contributed by atoms with Gasteiger partial charge in [-0.2, -0.15) is 0 Å². The van der Waals surface area contributed by atoms with Crippen molar-refractivity contribution >= 4 is 47.4 Å². The number of benzene rings is 4. The molecule has 0 radical (unpaired) electrons. The molecule has 1 N–H and O–H groups in total. The first kappa shape index (κ1) is 40.6. The first-order valence-corrected chi connectivity index (χ1v) is 20.3. The minimum atomic E-state index is -2.19. The molecule has 0 spiro atoms. The van der Waals surface area contributed by atoms with Crippen molar-refractivity contribution in [3.63, 3.8) is 0 Å². The van der Waals surface area contributed by atoms with Gasteiger partial charge in [-0.25, -0.2) is 0 Å². The average Bonchev–Trinajstić information content (AvgIpc) is 3.16. The number of carboxylic acids is 1. The molecule has 2 aliphatic rings. The van der Waals surface area contributed by atoms with E-state index in [4.69, 9.17) is 19.3 Å². The number of hydrogen-bond acceptors (Lipinski definition) is 9. The van der Waals surface area contributed by atoms with E-state index < -0.39 is 35.2 Å². The van der Waals surface area contributed by atoms with Crippen LogP contribution in [0.25, 0.3) is 0 Å². The van der Waals surface area contributed by atoms with E-state index in [1.54, 1.807) is 44.3 Å². The Balaban J connectivity index is 0.000000228. The zero-order valence-corrected chi connectivity index (χ0v) is 32.7. The van der Waals surface area contributed by atoms with Crippen LogP contribution in [-0.4, -0.2) is 48.8 Å². The van der Waals surface area contributed by atoms with Gasteiger partial charge in [-0.15, -0.1) is 0 Å². The van der Waals surface area contributed by atoms with Crippen LogP contribution in [0.3, 0.4) is 0 Å². The van der Waals surface area contributed by atoms with Gasteiger partial charge in [0.15, 0.2) is 0 Å². The number of carbonyl (C=O) groups excluding carboxylic acids is 3. The topological polar surface area (TPSA) is 116 Å². The lowest BCUT2D eigenvalue weighted by Crippen LogP contribution is -2.54. The maximum atomic E-state index is 13.3. The summed E-state index contributed by atoms with van der Waals surface area (Å²) in [6.45, 7) is 5.02. The lowest BCUT2D eigenvalue weighted by Gasteiger charge is -2.37. The largest absolute Gasteiger partial charge is 0.481 e. The number of hydrogen-bond donors (Lipinski definition) is 1. The van der Waals surface area contributed by atoms with Gasteiger partial charge in [-0.05, 0) is 136 Å². The summed E-state index contributed by atoms with van der Waals surface area (Å²) in [5, 5.41) is 9.04. The van der Waals surface area contributed by atoms with E-state index >= 15 is 0 Å². The molecule has 4 aromatic rings. The van der Waals surface area contributed by atoms with Crippen LogP contribution in [0.2, 0.25) is 0 Å². The highest BCUT2D eigenvalue weighted by molar-refractivity contribution is 7.99. The Labute approximate surface area is 326 Å². The van der Waals surface area contributed by atoms with Crippen molar-refractivity contribution in [1.82, 2.24) is 0 Å². The van der Waals surface area contributed by atoms with Gasteiger partial charge >= 0.3 is 23.9 Å². The maximum Gasteiger partial charge on any atom is 0.335 e. The molecule has 2 aliphatic carbocycles. The van der Waals surface area contributed by atoms with Crippen molar-refractivity contribution in [1.29, 1.82) is 0 Å². The van der Waals surface area contributed by atoms with Crippen LogP contribution >= 0.6 is 23.5 Å². The molecule has 4 aromatic carbocycles. The maximum absolute atomic E-state index is 13.3. The molecule has 0 amide bonds. The number of rotatable bonds is 13. The Bertz CT molecular complexity index is 1850. The Kier molecular flexibility index (Phi) is 14.8. The third kappa shape index (κ3) is 9.76. The van der Waals surface area contributed by atoms with Crippen LogP contribution in [0.15, 0.2) is 117 Å². The summed E-state index contributed by atoms with van der Waals surface area (Å²) in [5.74, 6) is -3.99. The monoisotopic (exact) mass is 768 g/mol. The molecule has 54 heavy (non-hydrogen) atoms. The molecule has 0 saturated heterocycles. The van der Waals surface area contributed by atoms with Gasteiger partial charge in [0.2, 0.25) is 0 Å². The van der Waals surface area contributed by atoms with Crippen molar-refractivity contribution in [3.8, 4) is 0 Å². The highest BCUT2D eigenvalue weighted by Crippen LogP contribution is 2.48. The predicted molar refractivity (Wildman–Crippen MR) is 210 cm³/mol. The van der Waals surface area contributed by atoms with Gasteiger partial charge < -0.3 is 19.3 Å². The minimum absolute atomic E-state index is 0.0334. The normalized spacial score (nSPS) is 16.1. The fraction of sp³-hybridized carbons (Fsp3) is 0.364. The van der Waals surface area contributed by atoms with Gasteiger partial charge in [0.1, 0.15) is 0 Å². The Morgan fingerprint density at radius 1 is 0.611 bits per heavy atom. The molecule has 2 atom stereocenters. The zero-order valence-electron chi connectivity index (χ0n) is 31.1. The summed E-state index contributed by atoms with van der Waals surface area (Å²) in [5.41, 5.74) is 2.17. The van der Waals surface area contributed by atoms with Crippen molar-refractivity contribution in [2.75, 3.05) is 19.8 Å². The van der Waals surface area contributed by atoms with Crippen LogP contribution in [-0.2, 0) is 46.2 Å². The fourth-order valence-electron chi connectivity index (χ4n) is 7.34. The van der Waals surface area contributed by atoms with E-state index in [0.717, 1.165) is 53.0 Å². The summed E-state index contributed by atoms with van der Waals surface area (Å²) in [4.78, 5) is 55.5. The molecule has 10 heteroatoms. The summed E-state index contributed by atoms with van der Waals surface area (Å²) < 4.78 is 15.8. The highest BCUT2D eigenvalue weighted by atomic mass is 32.2. The third-order valence-electron chi connectivity index (χ3n) is 9.68. The Hall–Kier alpha value is -4.54. The first-order chi connectivity index (χ1) is 26.2. The van der Waals surface area contributed by atoms with Gasteiger partial charge in [0, 0.05) is 25.5 Å². The molecule has 0 bridgehead atoms. The van der Waals surface area contributed by atoms with Crippen molar-refractivity contribution in [3.05, 3.63) is 119 Å². The Morgan fingerprint density at radius 2 is 1.06 bits per heavy atom. The lowest BCUT2D eigenvalue weighted by molar-refractivity contribution is -0.186. The van der Waals surface area contributed by atoms with Crippen LogP contribution < -0.4 is 0 Å². The molecule has 0 aliphatic heterocycles. The number of carbonyl (C=O) groups is 4. The molecule has 6 rings (SSSR count). The smallest absolute Gasteiger partial charge is 0.335 e. The number of ether oxygens (including phenoxy) is 3. The summed E-state index contributed by atoms with van der Waals surface area (Å²) in [6.07, 6.45) is 5.37. The van der Waals surface area contributed by atoms with E-state index in [1.807, 2.05) is 60.7 Å². The van der Waals surface area contributed by atoms with E-state index in [2.05, 4.69) is 36.4 Å². The number of fused-ring (bicyclic) bond motifs is 2. The van der Waals surface area contributed by atoms with E-state index in [0.29, 0.717) is 6.42 Å². The molecule has 0 unspecified atom stereocenters. The van der Waals surface area contributed by atoms with E-state index in [1.165, 1.54) is 20.9 Å². The lowest BCUT2D eigenvalue weighted by atomic mass is 9.66. The van der Waals surface area contributed by atoms with Crippen molar-refractivity contribution < 1.29 is 38.5 Å². The molecule has 0 fully saturated rings. The summed E-state index contributed by atoms with van der Waals surface area (Å²) >= 11 is 3.40. The van der Waals surface area contributed by atoms with Crippen LogP contribution in [0.4, 0.5) is 0 Å². The standard InChI is InChI=1S/C26H30O6S.C18H18O2S/c1-4-30-23(27)26(24(28)31-5-2,25(29)32-6-3)22-14-10-11-18-17-20(15-16-21(18)22)33-19-12-8-7-9-13-19;19-18(20)12-14-6-4-5-13-11-16(9-10-17(13)14)21-15-7-2-1-3-8-15/h7-9,12-13,15-17,22H,4-6,10-11,14H2,1-3H3;1-3,7-11,14H,4-6,12H2,(H,19,20)/t22-;14-/m01/s1. The number of carboxylic acid groups (broad SMARTS) is 1. The van der Waals surface area contributed by atoms with Gasteiger partial charge in [-0.1, -0.05) is 72.1 Å². The molecule has 0 saturated carbocycles. The van der Waals surface area contributed by atoms with Gasteiger partial charge in [0.25, 0.3) is 5.41 Å². The second kappa shape index (κ2) is 19.7. The molecule has 0 aromatic heterocycles. The van der Waals surface area contributed by atoms with Crippen molar-refractivity contribution in [2.24, 2.45) is 5.41 Å². The average molecular weight is 769 g/mol. The quantitative estimate of drug-likeness (QED) is 0.0801. The predicted octanol–water partition coefficient (Wildman–Crippen LogP) is 9.67. The second-order valence-electron chi connectivity index (χ2n) is 13.2. The SMILES string of the molecule is CCOC(=O)C(C(=O)OCC)(C(=O)OCC)[C@H]1CCCc2cc(Sc3ccccc3)ccc21.O=C(O)C[C@H]1CCCc2cc(Sc3ccccc3)ccc21.